The van der Waals surface area contributed by atoms with Crippen LogP contribution in [-0.4, -0.2) is 47.3 Å². The molecule has 0 aliphatic carbocycles. The Kier molecular flexibility index (Phi) is 6.84. The summed E-state index contributed by atoms with van der Waals surface area (Å²) >= 11 is 5.29. The van der Waals surface area contributed by atoms with Crippen molar-refractivity contribution in [1.82, 2.24) is 10.2 Å². The number of aliphatic hydroxyl groups excluding tert-OH is 1. The molecule has 5 nitrogen and oxygen atoms in total. The van der Waals surface area contributed by atoms with E-state index in [1.165, 1.54) is 6.92 Å². The molecule has 0 unspecified atom stereocenters. The zero-order chi connectivity index (χ0) is 14.1. The van der Waals surface area contributed by atoms with Crippen molar-refractivity contribution in [3.05, 3.63) is 30.3 Å². The number of nitrogens with zero attached hydrogens (tertiary/aromatic N) is 1. The molecule has 0 aliphatic heterocycles. The van der Waals surface area contributed by atoms with Gasteiger partial charge in [-0.15, -0.1) is 0 Å². The fourth-order valence-corrected chi connectivity index (χ4v) is 1.83. The Hall–Kier alpha value is -1.66. The van der Waals surface area contributed by atoms with Gasteiger partial charge in [-0.25, -0.2) is 0 Å². The van der Waals surface area contributed by atoms with Crippen molar-refractivity contribution in [3.8, 4) is 0 Å². The van der Waals surface area contributed by atoms with Crippen LogP contribution in [0.25, 0.3) is 0 Å². The molecule has 0 saturated carbocycles. The lowest BCUT2D eigenvalue weighted by Crippen LogP contribution is -2.41. The van der Waals surface area contributed by atoms with Crippen LogP contribution in [0.4, 0.5) is 5.69 Å². The van der Waals surface area contributed by atoms with Gasteiger partial charge >= 0.3 is 0 Å². The van der Waals surface area contributed by atoms with E-state index in [1.54, 1.807) is 0 Å². The van der Waals surface area contributed by atoms with Crippen molar-refractivity contribution in [3.63, 3.8) is 0 Å². The highest BCUT2D eigenvalue weighted by atomic mass is 32.1. The molecule has 0 aliphatic rings. The van der Waals surface area contributed by atoms with Crippen LogP contribution >= 0.6 is 12.2 Å². The van der Waals surface area contributed by atoms with Gasteiger partial charge in [0.15, 0.2) is 5.11 Å². The lowest BCUT2D eigenvalue weighted by Gasteiger charge is -2.25. The molecule has 6 heteroatoms. The number of anilines is 1. The Bertz CT molecular complexity index is 412. The first-order valence-corrected chi connectivity index (χ1v) is 6.50. The van der Waals surface area contributed by atoms with Crippen molar-refractivity contribution in [2.24, 2.45) is 0 Å². The van der Waals surface area contributed by atoms with E-state index in [-0.39, 0.29) is 12.5 Å². The molecule has 0 spiro atoms. The number of hydrogen-bond donors (Lipinski definition) is 3. The van der Waals surface area contributed by atoms with E-state index in [4.69, 9.17) is 17.3 Å². The van der Waals surface area contributed by atoms with Crippen LogP contribution < -0.4 is 10.6 Å². The predicted octanol–water partition coefficient (Wildman–Crippen LogP) is 0.814. The summed E-state index contributed by atoms with van der Waals surface area (Å²) < 4.78 is 0. The Morgan fingerprint density at radius 2 is 2.00 bits per heavy atom. The van der Waals surface area contributed by atoms with E-state index in [0.717, 1.165) is 5.69 Å². The molecule has 1 amide bonds. The zero-order valence-corrected chi connectivity index (χ0v) is 11.7. The number of amides is 1. The molecule has 0 heterocycles. The molecule has 1 aromatic carbocycles. The molecule has 1 rings (SSSR count). The van der Waals surface area contributed by atoms with E-state index in [2.05, 4.69) is 10.6 Å². The van der Waals surface area contributed by atoms with E-state index in [0.29, 0.717) is 24.7 Å². The molecule has 104 valence electrons. The largest absolute Gasteiger partial charge is 0.395 e. The fourth-order valence-electron chi connectivity index (χ4n) is 1.53. The number of rotatable bonds is 6. The Morgan fingerprint density at radius 1 is 1.32 bits per heavy atom. The number of carbonyl (C=O) groups excluding carboxylic acids is 1. The standard InChI is InChI=1S/C13H19N3O2S/c1-11(18)14-7-8-16(9-10-17)13(19)15-12-5-3-2-4-6-12/h2-6,17H,7-10H2,1H3,(H,14,18)(H,15,19). The van der Waals surface area contributed by atoms with Crippen LogP contribution in [0.5, 0.6) is 0 Å². The zero-order valence-electron chi connectivity index (χ0n) is 10.9. The lowest BCUT2D eigenvalue weighted by molar-refractivity contribution is -0.118. The number of thiocarbonyl (C=S) groups is 1. The van der Waals surface area contributed by atoms with E-state index in [1.807, 2.05) is 35.2 Å². The smallest absolute Gasteiger partial charge is 0.216 e. The summed E-state index contributed by atoms with van der Waals surface area (Å²) in [5.41, 5.74) is 0.898. The van der Waals surface area contributed by atoms with Gasteiger partial charge in [0.2, 0.25) is 5.91 Å². The number of aliphatic hydroxyl groups is 1. The molecule has 0 bridgehead atoms. The number of carbonyl (C=O) groups is 1. The average molecular weight is 281 g/mol. The summed E-state index contributed by atoms with van der Waals surface area (Å²) in [6, 6.07) is 9.59. The minimum Gasteiger partial charge on any atom is -0.395 e. The van der Waals surface area contributed by atoms with Crippen LogP contribution in [-0.2, 0) is 4.79 Å². The third kappa shape index (κ3) is 6.17. The van der Waals surface area contributed by atoms with Crippen LogP contribution in [0.15, 0.2) is 30.3 Å². The predicted molar refractivity (Wildman–Crippen MR) is 80.0 cm³/mol. The first-order valence-electron chi connectivity index (χ1n) is 6.09. The summed E-state index contributed by atoms with van der Waals surface area (Å²) in [5, 5.41) is 15.4. The molecule has 0 radical (unpaired) electrons. The summed E-state index contributed by atoms with van der Waals surface area (Å²) in [6.45, 7) is 2.95. The molecule has 0 saturated heterocycles. The maximum Gasteiger partial charge on any atom is 0.216 e. The average Bonchev–Trinajstić information content (AvgIpc) is 2.38. The van der Waals surface area contributed by atoms with Gasteiger partial charge in [-0.2, -0.15) is 0 Å². The van der Waals surface area contributed by atoms with Crippen molar-refractivity contribution >= 4 is 28.9 Å². The van der Waals surface area contributed by atoms with E-state index >= 15 is 0 Å². The van der Waals surface area contributed by atoms with Gasteiger partial charge in [0.05, 0.1) is 6.61 Å². The van der Waals surface area contributed by atoms with Gasteiger partial charge in [0, 0.05) is 32.2 Å². The Morgan fingerprint density at radius 3 is 2.58 bits per heavy atom. The quantitative estimate of drug-likeness (QED) is 0.674. The second-order valence-electron chi connectivity index (χ2n) is 3.99. The second kappa shape index (κ2) is 8.44. The molecule has 0 fully saturated rings. The van der Waals surface area contributed by atoms with Gasteiger partial charge < -0.3 is 20.6 Å². The highest BCUT2D eigenvalue weighted by Gasteiger charge is 2.09. The maximum atomic E-state index is 10.8. The molecule has 19 heavy (non-hydrogen) atoms. The summed E-state index contributed by atoms with van der Waals surface area (Å²) in [7, 11) is 0. The summed E-state index contributed by atoms with van der Waals surface area (Å²) in [6.07, 6.45) is 0. The van der Waals surface area contributed by atoms with Gasteiger partial charge in [-0.1, -0.05) is 18.2 Å². The highest BCUT2D eigenvalue weighted by molar-refractivity contribution is 7.80. The van der Waals surface area contributed by atoms with Gasteiger partial charge in [0.1, 0.15) is 0 Å². The van der Waals surface area contributed by atoms with Crippen molar-refractivity contribution < 1.29 is 9.90 Å². The maximum absolute atomic E-state index is 10.8. The molecular formula is C13H19N3O2S. The third-order valence-corrected chi connectivity index (χ3v) is 2.80. The Labute approximate surface area is 118 Å². The van der Waals surface area contributed by atoms with Gasteiger partial charge in [-0.3, -0.25) is 4.79 Å². The highest BCUT2D eigenvalue weighted by Crippen LogP contribution is 2.06. The van der Waals surface area contributed by atoms with Crippen molar-refractivity contribution in [1.29, 1.82) is 0 Å². The summed E-state index contributed by atoms with van der Waals surface area (Å²) in [4.78, 5) is 12.6. The lowest BCUT2D eigenvalue weighted by atomic mass is 10.3. The fraction of sp³-hybridized carbons (Fsp3) is 0.385. The van der Waals surface area contributed by atoms with E-state index in [9.17, 15) is 4.79 Å². The number of hydrogen-bond acceptors (Lipinski definition) is 3. The van der Waals surface area contributed by atoms with Crippen molar-refractivity contribution in [2.75, 3.05) is 31.6 Å². The molecule has 0 atom stereocenters. The van der Waals surface area contributed by atoms with Crippen LogP contribution in [0.1, 0.15) is 6.92 Å². The number of para-hydroxylation sites is 1. The number of nitrogens with one attached hydrogen (secondary N) is 2. The first kappa shape index (κ1) is 15.4. The molecule has 3 N–H and O–H groups in total. The molecular weight excluding hydrogens is 262 g/mol. The van der Waals surface area contributed by atoms with E-state index < -0.39 is 0 Å². The third-order valence-electron chi connectivity index (χ3n) is 2.44. The Balaban J connectivity index is 2.50. The van der Waals surface area contributed by atoms with Crippen LogP contribution in [0.2, 0.25) is 0 Å². The van der Waals surface area contributed by atoms with Gasteiger partial charge in [0.25, 0.3) is 0 Å². The minimum atomic E-state index is -0.0779. The number of benzene rings is 1. The van der Waals surface area contributed by atoms with Crippen LogP contribution in [0, 0.1) is 0 Å². The normalized spacial score (nSPS) is 9.79. The molecule has 1 aromatic rings. The summed E-state index contributed by atoms with van der Waals surface area (Å²) in [5.74, 6) is -0.0779. The molecule has 0 aromatic heterocycles. The topological polar surface area (TPSA) is 64.6 Å². The SMILES string of the molecule is CC(=O)NCCN(CCO)C(=S)Nc1ccccc1. The monoisotopic (exact) mass is 281 g/mol. The van der Waals surface area contributed by atoms with Crippen LogP contribution in [0.3, 0.4) is 0 Å². The minimum absolute atomic E-state index is 0.0106. The van der Waals surface area contributed by atoms with Gasteiger partial charge in [-0.05, 0) is 24.4 Å². The second-order valence-corrected chi connectivity index (χ2v) is 4.38. The van der Waals surface area contributed by atoms with Crippen molar-refractivity contribution in [2.45, 2.75) is 6.92 Å². The first-order chi connectivity index (χ1) is 9.13.